The Hall–Kier alpha value is -2.80. The van der Waals surface area contributed by atoms with Crippen LogP contribution in [0.1, 0.15) is 21.5 Å². The van der Waals surface area contributed by atoms with Crippen LogP contribution in [0.2, 0.25) is 0 Å². The highest BCUT2D eigenvalue weighted by Crippen LogP contribution is 2.24. The third-order valence-electron chi connectivity index (χ3n) is 2.64. The molecule has 0 saturated heterocycles. The Bertz CT molecular complexity index is 671. The molecule has 94 valence electrons. The molecule has 0 aliphatic carbocycles. The van der Waals surface area contributed by atoms with E-state index in [1.165, 1.54) is 12.1 Å². The lowest BCUT2D eigenvalue weighted by Gasteiger charge is -2.07. The topological polar surface area (TPSA) is 70.3 Å². The number of carboxylic acids is 1. The fraction of sp³-hybridized carbons (Fsp3) is 0.0667. The van der Waals surface area contributed by atoms with Crippen molar-refractivity contribution in [2.24, 2.45) is 0 Å². The van der Waals surface area contributed by atoms with E-state index in [9.17, 15) is 4.79 Å². The zero-order chi connectivity index (χ0) is 13.8. The number of nitrogens with zero attached hydrogens (tertiary/aromatic N) is 1. The molecule has 0 saturated carbocycles. The summed E-state index contributed by atoms with van der Waals surface area (Å²) in [4.78, 5) is 10.9. The average Bonchev–Trinajstić information content (AvgIpc) is 2.39. The second-order valence-corrected chi connectivity index (χ2v) is 4.02. The van der Waals surface area contributed by atoms with Gasteiger partial charge in [-0.2, -0.15) is 5.26 Å². The largest absolute Gasteiger partial charge is 0.478 e. The smallest absolute Gasteiger partial charge is 0.335 e. The molecule has 0 fully saturated rings. The molecule has 0 unspecified atom stereocenters. The van der Waals surface area contributed by atoms with E-state index in [0.29, 0.717) is 17.1 Å². The second-order valence-electron chi connectivity index (χ2n) is 4.02. The van der Waals surface area contributed by atoms with Crippen molar-refractivity contribution in [1.82, 2.24) is 0 Å². The van der Waals surface area contributed by atoms with Gasteiger partial charge in [0.25, 0.3) is 0 Å². The van der Waals surface area contributed by atoms with Crippen LogP contribution in [-0.4, -0.2) is 11.1 Å². The van der Waals surface area contributed by atoms with Crippen LogP contribution in [0.15, 0.2) is 42.5 Å². The molecule has 0 heterocycles. The molecule has 2 rings (SSSR count). The van der Waals surface area contributed by atoms with Crippen molar-refractivity contribution in [3.63, 3.8) is 0 Å². The fourth-order valence-corrected chi connectivity index (χ4v) is 1.65. The van der Waals surface area contributed by atoms with Crippen molar-refractivity contribution in [3.8, 4) is 17.6 Å². The van der Waals surface area contributed by atoms with Crippen LogP contribution < -0.4 is 4.74 Å². The maximum Gasteiger partial charge on any atom is 0.335 e. The molecular weight excluding hydrogens is 242 g/mol. The predicted octanol–water partition coefficient (Wildman–Crippen LogP) is 3.36. The Morgan fingerprint density at radius 3 is 2.58 bits per heavy atom. The SMILES string of the molecule is Cc1cc(Oc2cccc(C(=O)O)c2)ccc1C#N. The van der Waals surface area contributed by atoms with E-state index >= 15 is 0 Å². The molecule has 2 aromatic rings. The lowest BCUT2D eigenvalue weighted by molar-refractivity contribution is 0.0696. The van der Waals surface area contributed by atoms with Crippen LogP contribution in [-0.2, 0) is 0 Å². The second kappa shape index (κ2) is 5.23. The first-order valence-corrected chi connectivity index (χ1v) is 5.62. The lowest BCUT2D eigenvalue weighted by atomic mass is 10.1. The van der Waals surface area contributed by atoms with E-state index in [-0.39, 0.29) is 5.56 Å². The number of ether oxygens (including phenoxy) is 1. The Morgan fingerprint density at radius 1 is 1.21 bits per heavy atom. The maximum atomic E-state index is 10.9. The van der Waals surface area contributed by atoms with Crippen LogP contribution in [0.4, 0.5) is 0 Å². The summed E-state index contributed by atoms with van der Waals surface area (Å²) in [6.07, 6.45) is 0. The molecule has 0 spiro atoms. The predicted molar refractivity (Wildman–Crippen MR) is 69.4 cm³/mol. The number of carbonyl (C=O) groups is 1. The quantitative estimate of drug-likeness (QED) is 0.910. The number of aryl methyl sites for hydroxylation is 1. The van der Waals surface area contributed by atoms with Gasteiger partial charge in [0.2, 0.25) is 0 Å². The van der Waals surface area contributed by atoms with Gasteiger partial charge in [0.15, 0.2) is 0 Å². The number of nitriles is 1. The van der Waals surface area contributed by atoms with Crippen molar-refractivity contribution in [1.29, 1.82) is 5.26 Å². The molecule has 0 aliphatic rings. The minimum Gasteiger partial charge on any atom is -0.478 e. The zero-order valence-electron chi connectivity index (χ0n) is 10.3. The summed E-state index contributed by atoms with van der Waals surface area (Å²) in [6, 6.07) is 13.4. The molecule has 0 bridgehead atoms. The summed E-state index contributed by atoms with van der Waals surface area (Å²) in [5.74, 6) is 0.0181. The first-order chi connectivity index (χ1) is 9.10. The van der Waals surface area contributed by atoms with Gasteiger partial charge in [-0.3, -0.25) is 0 Å². The first kappa shape index (κ1) is 12.7. The molecule has 0 aliphatic heterocycles. The fourth-order valence-electron chi connectivity index (χ4n) is 1.65. The maximum absolute atomic E-state index is 10.9. The van der Waals surface area contributed by atoms with Crippen molar-refractivity contribution in [2.75, 3.05) is 0 Å². The van der Waals surface area contributed by atoms with E-state index in [1.54, 1.807) is 30.3 Å². The standard InChI is InChI=1S/C15H11NO3/c1-10-7-14(6-5-12(10)9-16)19-13-4-2-3-11(8-13)15(17)18/h2-8H,1H3,(H,17,18). The van der Waals surface area contributed by atoms with Gasteiger partial charge in [0.05, 0.1) is 17.2 Å². The van der Waals surface area contributed by atoms with Gasteiger partial charge < -0.3 is 9.84 Å². The zero-order valence-corrected chi connectivity index (χ0v) is 10.3. The number of aromatic carboxylic acids is 1. The number of benzene rings is 2. The lowest BCUT2D eigenvalue weighted by Crippen LogP contribution is -1.96. The Labute approximate surface area is 110 Å². The molecule has 19 heavy (non-hydrogen) atoms. The van der Waals surface area contributed by atoms with Crippen LogP contribution >= 0.6 is 0 Å². The minimum atomic E-state index is -0.999. The van der Waals surface area contributed by atoms with E-state index in [1.807, 2.05) is 6.92 Å². The molecule has 4 heteroatoms. The Balaban J connectivity index is 2.26. The average molecular weight is 253 g/mol. The summed E-state index contributed by atoms with van der Waals surface area (Å²) in [5.41, 5.74) is 1.57. The molecule has 1 N–H and O–H groups in total. The van der Waals surface area contributed by atoms with E-state index in [2.05, 4.69) is 6.07 Å². The first-order valence-electron chi connectivity index (χ1n) is 5.62. The van der Waals surface area contributed by atoms with Crippen LogP contribution in [0.3, 0.4) is 0 Å². The van der Waals surface area contributed by atoms with E-state index in [4.69, 9.17) is 15.1 Å². The molecule has 0 aromatic heterocycles. The highest BCUT2D eigenvalue weighted by Gasteiger charge is 2.05. The molecule has 2 aromatic carbocycles. The highest BCUT2D eigenvalue weighted by molar-refractivity contribution is 5.88. The van der Waals surface area contributed by atoms with Gasteiger partial charge in [-0.15, -0.1) is 0 Å². The van der Waals surface area contributed by atoms with Crippen LogP contribution in [0.5, 0.6) is 11.5 Å². The molecule has 0 radical (unpaired) electrons. The Kier molecular flexibility index (Phi) is 3.48. The molecular formula is C15H11NO3. The summed E-state index contributed by atoms with van der Waals surface area (Å²) >= 11 is 0. The van der Waals surface area contributed by atoms with Gasteiger partial charge in [-0.05, 0) is 48.9 Å². The summed E-state index contributed by atoms with van der Waals surface area (Å²) in [7, 11) is 0. The van der Waals surface area contributed by atoms with Gasteiger partial charge in [0.1, 0.15) is 11.5 Å². The number of hydrogen-bond acceptors (Lipinski definition) is 3. The normalized spacial score (nSPS) is 9.68. The van der Waals surface area contributed by atoms with Crippen molar-refractivity contribution < 1.29 is 14.6 Å². The van der Waals surface area contributed by atoms with Gasteiger partial charge >= 0.3 is 5.97 Å². The van der Waals surface area contributed by atoms with Crippen molar-refractivity contribution >= 4 is 5.97 Å². The number of carboxylic acid groups (broad SMARTS) is 1. The molecule has 4 nitrogen and oxygen atoms in total. The van der Waals surface area contributed by atoms with Crippen LogP contribution in [0.25, 0.3) is 0 Å². The summed E-state index contributed by atoms with van der Waals surface area (Å²) < 4.78 is 5.58. The minimum absolute atomic E-state index is 0.169. The highest BCUT2D eigenvalue weighted by atomic mass is 16.5. The van der Waals surface area contributed by atoms with E-state index < -0.39 is 5.97 Å². The van der Waals surface area contributed by atoms with E-state index in [0.717, 1.165) is 5.56 Å². The number of hydrogen-bond donors (Lipinski definition) is 1. The van der Waals surface area contributed by atoms with Crippen molar-refractivity contribution in [2.45, 2.75) is 6.92 Å². The molecule has 0 amide bonds. The monoisotopic (exact) mass is 253 g/mol. The van der Waals surface area contributed by atoms with Crippen LogP contribution in [0, 0.1) is 18.3 Å². The van der Waals surface area contributed by atoms with Gasteiger partial charge in [0, 0.05) is 0 Å². The van der Waals surface area contributed by atoms with Crippen molar-refractivity contribution in [3.05, 3.63) is 59.2 Å². The summed E-state index contributed by atoms with van der Waals surface area (Å²) in [5, 5.41) is 17.7. The van der Waals surface area contributed by atoms with Gasteiger partial charge in [-0.25, -0.2) is 4.79 Å². The summed E-state index contributed by atoms with van der Waals surface area (Å²) in [6.45, 7) is 1.82. The Morgan fingerprint density at radius 2 is 1.95 bits per heavy atom. The third-order valence-corrected chi connectivity index (χ3v) is 2.64. The molecule has 0 atom stereocenters. The third kappa shape index (κ3) is 2.90. The number of rotatable bonds is 3. The van der Waals surface area contributed by atoms with Gasteiger partial charge in [-0.1, -0.05) is 6.07 Å².